The Labute approximate surface area is 220 Å². The van der Waals surface area contributed by atoms with E-state index in [2.05, 4.69) is 15.9 Å². The molecule has 0 aliphatic carbocycles. The molecule has 1 amide bonds. The second-order valence-corrected chi connectivity index (χ2v) is 9.15. The SMILES string of the molecule is CCCCOC(=O)c1ccc(N2C(=O)/C(=C/c3ccc(OCC)c(Br)c3)C=C2c2ccccc2)cc1. The fourth-order valence-corrected chi connectivity index (χ4v) is 4.40. The van der Waals surface area contributed by atoms with E-state index in [1.807, 2.05) is 74.5 Å². The molecule has 4 rings (SSSR count). The minimum Gasteiger partial charge on any atom is -0.493 e. The summed E-state index contributed by atoms with van der Waals surface area (Å²) in [7, 11) is 0. The van der Waals surface area contributed by atoms with E-state index in [-0.39, 0.29) is 11.9 Å². The molecule has 1 aliphatic rings. The van der Waals surface area contributed by atoms with Gasteiger partial charge < -0.3 is 9.47 Å². The Morgan fingerprint density at radius 3 is 2.42 bits per heavy atom. The van der Waals surface area contributed by atoms with Gasteiger partial charge in [-0.05, 0) is 89.0 Å². The quantitative estimate of drug-likeness (QED) is 0.161. The third-order valence-corrected chi connectivity index (χ3v) is 6.34. The summed E-state index contributed by atoms with van der Waals surface area (Å²) < 4.78 is 11.7. The fraction of sp³-hybridized carbons (Fsp3) is 0.200. The van der Waals surface area contributed by atoms with Gasteiger partial charge in [0.15, 0.2) is 0 Å². The van der Waals surface area contributed by atoms with Gasteiger partial charge in [0.1, 0.15) is 5.75 Å². The predicted octanol–water partition coefficient (Wildman–Crippen LogP) is 7.28. The Morgan fingerprint density at radius 2 is 1.75 bits per heavy atom. The van der Waals surface area contributed by atoms with E-state index in [4.69, 9.17) is 9.47 Å². The average molecular weight is 546 g/mol. The highest BCUT2D eigenvalue weighted by Gasteiger charge is 2.30. The summed E-state index contributed by atoms with van der Waals surface area (Å²) >= 11 is 3.55. The van der Waals surface area contributed by atoms with Crippen molar-refractivity contribution >= 4 is 45.3 Å². The number of rotatable bonds is 9. The van der Waals surface area contributed by atoms with Crippen molar-refractivity contribution in [1.82, 2.24) is 0 Å². The van der Waals surface area contributed by atoms with Gasteiger partial charge >= 0.3 is 5.97 Å². The second-order valence-electron chi connectivity index (χ2n) is 8.30. The molecule has 1 aliphatic heterocycles. The standard InChI is InChI=1S/C30H28BrNO4/c1-3-5-17-36-30(34)23-12-14-25(15-13-23)32-27(22-9-7-6-8-10-22)20-24(29(32)33)18-21-11-16-28(35-4-2)26(31)19-21/h6-16,18-20H,3-5,17H2,1-2H3/b24-18+. The summed E-state index contributed by atoms with van der Waals surface area (Å²) in [6, 6.07) is 22.5. The third kappa shape index (κ3) is 5.77. The van der Waals surface area contributed by atoms with Gasteiger partial charge in [0.05, 0.1) is 28.9 Å². The Kier molecular flexibility index (Phi) is 8.39. The number of carbonyl (C=O) groups is 2. The molecule has 1 heterocycles. The summed E-state index contributed by atoms with van der Waals surface area (Å²) in [5, 5.41) is 0. The molecule has 6 heteroatoms. The first-order valence-electron chi connectivity index (χ1n) is 12.0. The number of carbonyl (C=O) groups excluding carboxylic acids is 2. The Hall–Kier alpha value is -3.64. The first-order valence-corrected chi connectivity index (χ1v) is 12.8. The van der Waals surface area contributed by atoms with Crippen LogP contribution < -0.4 is 9.64 Å². The molecule has 0 saturated heterocycles. The van der Waals surface area contributed by atoms with Crippen LogP contribution in [0, 0.1) is 0 Å². The topological polar surface area (TPSA) is 55.8 Å². The van der Waals surface area contributed by atoms with E-state index in [0.717, 1.165) is 39.9 Å². The van der Waals surface area contributed by atoms with Gasteiger partial charge in [-0.2, -0.15) is 0 Å². The summed E-state index contributed by atoms with van der Waals surface area (Å²) in [6.07, 6.45) is 5.55. The number of hydrogen-bond acceptors (Lipinski definition) is 4. The van der Waals surface area contributed by atoms with Crippen LogP contribution >= 0.6 is 15.9 Å². The number of amides is 1. The van der Waals surface area contributed by atoms with Crippen LogP contribution in [0.25, 0.3) is 11.8 Å². The Bertz CT molecular complexity index is 1300. The number of esters is 1. The van der Waals surface area contributed by atoms with Crippen molar-refractivity contribution in [1.29, 1.82) is 0 Å². The van der Waals surface area contributed by atoms with Crippen molar-refractivity contribution in [2.24, 2.45) is 0 Å². The normalized spacial score (nSPS) is 14.2. The summed E-state index contributed by atoms with van der Waals surface area (Å²) in [4.78, 5) is 27.6. The van der Waals surface area contributed by atoms with Crippen molar-refractivity contribution in [3.63, 3.8) is 0 Å². The number of ether oxygens (including phenoxy) is 2. The second kappa shape index (κ2) is 11.9. The van der Waals surface area contributed by atoms with Crippen LogP contribution in [0.15, 0.2) is 88.9 Å². The van der Waals surface area contributed by atoms with Crippen LogP contribution in [-0.4, -0.2) is 25.1 Å². The molecule has 0 fully saturated rings. The first kappa shape index (κ1) is 25.5. The van der Waals surface area contributed by atoms with Crippen molar-refractivity contribution in [3.8, 4) is 5.75 Å². The smallest absolute Gasteiger partial charge is 0.338 e. The van der Waals surface area contributed by atoms with Crippen LogP contribution in [0.5, 0.6) is 5.75 Å². The lowest BCUT2D eigenvalue weighted by Crippen LogP contribution is -2.25. The van der Waals surface area contributed by atoms with Crippen LogP contribution in [-0.2, 0) is 9.53 Å². The molecule has 0 bridgehead atoms. The number of benzene rings is 3. The molecular formula is C30H28BrNO4. The van der Waals surface area contributed by atoms with Gasteiger partial charge in [-0.1, -0.05) is 49.7 Å². The van der Waals surface area contributed by atoms with Gasteiger partial charge in [0.2, 0.25) is 0 Å². The molecule has 0 unspecified atom stereocenters. The molecule has 3 aromatic rings. The van der Waals surface area contributed by atoms with Crippen LogP contribution in [0.4, 0.5) is 5.69 Å². The molecule has 3 aromatic carbocycles. The van der Waals surface area contributed by atoms with Gasteiger partial charge in [-0.15, -0.1) is 0 Å². The number of nitrogens with zero attached hydrogens (tertiary/aromatic N) is 1. The maximum absolute atomic E-state index is 13.6. The van der Waals surface area contributed by atoms with Crippen molar-refractivity contribution < 1.29 is 19.1 Å². The molecule has 36 heavy (non-hydrogen) atoms. The highest BCUT2D eigenvalue weighted by atomic mass is 79.9. The van der Waals surface area contributed by atoms with Gasteiger partial charge in [0.25, 0.3) is 5.91 Å². The zero-order valence-corrected chi connectivity index (χ0v) is 22.0. The molecular weight excluding hydrogens is 518 g/mol. The monoisotopic (exact) mass is 545 g/mol. The molecule has 0 N–H and O–H groups in total. The van der Waals surface area contributed by atoms with Gasteiger partial charge in [-0.3, -0.25) is 9.69 Å². The van der Waals surface area contributed by atoms with E-state index in [0.29, 0.717) is 30.0 Å². The van der Waals surface area contributed by atoms with Crippen molar-refractivity contribution in [2.45, 2.75) is 26.7 Å². The number of unbranched alkanes of at least 4 members (excludes halogenated alkanes) is 1. The summed E-state index contributed by atoms with van der Waals surface area (Å²) in [5.74, 6) is 0.258. The van der Waals surface area contributed by atoms with E-state index in [1.165, 1.54) is 0 Å². The summed E-state index contributed by atoms with van der Waals surface area (Å²) in [6.45, 7) is 4.96. The largest absolute Gasteiger partial charge is 0.493 e. The van der Waals surface area contributed by atoms with E-state index in [9.17, 15) is 9.59 Å². The Balaban J connectivity index is 1.66. The molecule has 0 aromatic heterocycles. The molecule has 0 radical (unpaired) electrons. The highest BCUT2D eigenvalue weighted by Crippen LogP contribution is 2.36. The van der Waals surface area contributed by atoms with Crippen LogP contribution in [0.1, 0.15) is 48.2 Å². The van der Waals surface area contributed by atoms with Gasteiger partial charge in [-0.25, -0.2) is 4.79 Å². The van der Waals surface area contributed by atoms with E-state index in [1.54, 1.807) is 29.2 Å². The minimum absolute atomic E-state index is 0.142. The maximum Gasteiger partial charge on any atom is 0.338 e. The van der Waals surface area contributed by atoms with E-state index < -0.39 is 0 Å². The van der Waals surface area contributed by atoms with E-state index >= 15 is 0 Å². The van der Waals surface area contributed by atoms with Crippen LogP contribution in [0.2, 0.25) is 0 Å². The highest BCUT2D eigenvalue weighted by molar-refractivity contribution is 9.10. The molecule has 184 valence electrons. The third-order valence-electron chi connectivity index (χ3n) is 5.72. The van der Waals surface area contributed by atoms with Crippen molar-refractivity contribution in [2.75, 3.05) is 18.1 Å². The first-order chi connectivity index (χ1) is 17.5. The lowest BCUT2D eigenvalue weighted by atomic mass is 10.1. The predicted molar refractivity (Wildman–Crippen MR) is 147 cm³/mol. The fourth-order valence-electron chi connectivity index (χ4n) is 3.89. The zero-order chi connectivity index (χ0) is 25.5. The molecule has 0 saturated carbocycles. The minimum atomic E-state index is -0.358. The number of anilines is 1. The molecule has 0 atom stereocenters. The summed E-state index contributed by atoms with van der Waals surface area (Å²) in [5.41, 5.74) is 4.27. The molecule has 0 spiro atoms. The molecule has 5 nitrogen and oxygen atoms in total. The Morgan fingerprint density at radius 1 is 1.00 bits per heavy atom. The van der Waals surface area contributed by atoms with Crippen molar-refractivity contribution in [3.05, 3.63) is 106 Å². The van der Waals surface area contributed by atoms with Gasteiger partial charge in [0, 0.05) is 11.3 Å². The number of hydrogen-bond donors (Lipinski definition) is 0. The maximum atomic E-state index is 13.6. The lowest BCUT2D eigenvalue weighted by Gasteiger charge is -2.21. The number of halogens is 1. The zero-order valence-electron chi connectivity index (χ0n) is 20.4. The van der Waals surface area contributed by atoms with Crippen LogP contribution in [0.3, 0.4) is 0 Å². The lowest BCUT2D eigenvalue weighted by molar-refractivity contribution is -0.113. The average Bonchev–Trinajstić information content (AvgIpc) is 3.22.